The molecule has 0 atom stereocenters. The molecule has 0 saturated carbocycles. The number of nitrogens with zero attached hydrogens (tertiary/aromatic N) is 1. The Balaban J connectivity index is 1.85. The van der Waals surface area contributed by atoms with Crippen molar-refractivity contribution in [2.24, 2.45) is 0 Å². The molecular formula is C19H13F4N3O. The maximum absolute atomic E-state index is 13.8. The van der Waals surface area contributed by atoms with E-state index in [9.17, 15) is 22.4 Å². The predicted molar refractivity (Wildman–Crippen MR) is 93.3 cm³/mol. The zero-order valence-electron chi connectivity index (χ0n) is 13.7. The highest BCUT2D eigenvalue weighted by molar-refractivity contribution is 6.07. The summed E-state index contributed by atoms with van der Waals surface area (Å²) in [5.74, 6) is -1.14. The number of aromatic nitrogens is 1. The summed E-state index contributed by atoms with van der Waals surface area (Å²) in [7, 11) is 0. The molecule has 2 N–H and O–H groups in total. The normalized spacial score (nSPS) is 11.1. The highest BCUT2D eigenvalue weighted by atomic mass is 19.4. The van der Waals surface area contributed by atoms with Crippen molar-refractivity contribution >= 4 is 23.1 Å². The summed E-state index contributed by atoms with van der Waals surface area (Å²) in [6.45, 7) is 0. The maximum Gasteiger partial charge on any atom is 0.416 e. The number of hydrogen-bond acceptors (Lipinski definition) is 3. The van der Waals surface area contributed by atoms with Gasteiger partial charge in [-0.15, -0.1) is 0 Å². The smallest absolute Gasteiger partial charge is 0.337 e. The minimum atomic E-state index is -4.52. The number of carbonyl (C=O) groups is 1. The third kappa shape index (κ3) is 4.41. The van der Waals surface area contributed by atoms with Crippen LogP contribution >= 0.6 is 0 Å². The lowest BCUT2D eigenvalue weighted by atomic mass is 10.1. The van der Waals surface area contributed by atoms with Gasteiger partial charge in [0.2, 0.25) is 0 Å². The Morgan fingerprint density at radius 2 is 1.74 bits per heavy atom. The number of benzene rings is 2. The monoisotopic (exact) mass is 375 g/mol. The molecule has 3 rings (SSSR count). The first-order valence-corrected chi connectivity index (χ1v) is 7.80. The molecule has 0 unspecified atom stereocenters. The molecule has 27 heavy (non-hydrogen) atoms. The fourth-order valence-corrected chi connectivity index (χ4v) is 2.35. The Kier molecular flexibility index (Phi) is 5.07. The molecule has 8 heteroatoms. The van der Waals surface area contributed by atoms with Crippen molar-refractivity contribution in [3.05, 3.63) is 83.8 Å². The van der Waals surface area contributed by atoms with E-state index in [4.69, 9.17) is 0 Å². The molecule has 0 aliphatic rings. The number of amides is 1. The van der Waals surface area contributed by atoms with E-state index in [0.29, 0.717) is 0 Å². The number of alkyl halides is 3. The van der Waals surface area contributed by atoms with Crippen LogP contribution < -0.4 is 10.6 Å². The van der Waals surface area contributed by atoms with Crippen LogP contribution in [0, 0.1) is 5.82 Å². The Bertz CT molecular complexity index is 973. The molecule has 0 radical (unpaired) electrons. The average molecular weight is 375 g/mol. The molecule has 4 nitrogen and oxygen atoms in total. The van der Waals surface area contributed by atoms with E-state index in [2.05, 4.69) is 15.6 Å². The number of para-hydroxylation sites is 1. The fourth-order valence-electron chi connectivity index (χ4n) is 2.35. The van der Waals surface area contributed by atoms with Crippen molar-refractivity contribution in [3.8, 4) is 0 Å². The lowest BCUT2D eigenvalue weighted by molar-refractivity contribution is -0.137. The van der Waals surface area contributed by atoms with Gasteiger partial charge in [0.05, 0.1) is 16.8 Å². The predicted octanol–water partition coefficient (Wildman–Crippen LogP) is 5.24. The van der Waals surface area contributed by atoms with Crippen molar-refractivity contribution in [1.82, 2.24) is 4.98 Å². The van der Waals surface area contributed by atoms with Crippen LogP contribution in [0.1, 0.15) is 15.9 Å². The summed E-state index contributed by atoms with van der Waals surface area (Å²) >= 11 is 0. The second kappa shape index (κ2) is 7.45. The van der Waals surface area contributed by atoms with Gasteiger partial charge in [-0.25, -0.2) is 9.37 Å². The van der Waals surface area contributed by atoms with Crippen LogP contribution in [0.2, 0.25) is 0 Å². The molecule has 1 aromatic heterocycles. The number of carbonyl (C=O) groups excluding carboxylic acids is 1. The van der Waals surface area contributed by atoms with Crippen LogP contribution in [0.3, 0.4) is 0 Å². The zero-order chi connectivity index (χ0) is 19.4. The molecule has 0 fully saturated rings. The molecule has 138 valence electrons. The Hall–Kier alpha value is -3.42. The van der Waals surface area contributed by atoms with Gasteiger partial charge in [0.25, 0.3) is 5.91 Å². The molecule has 1 heterocycles. The van der Waals surface area contributed by atoms with Crippen molar-refractivity contribution in [1.29, 1.82) is 0 Å². The van der Waals surface area contributed by atoms with Crippen molar-refractivity contribution in [3.63, 3.8) is 0 Å². The SMILES string of the molecule is O=C(Nc1cccc(C(F)(F)F)c1)c1cccnc1Nc1ccccc1F. The standard InChI is InChI=1S/C19H13F4N3O/c20-15-8-1-2-9-16(15)26-17-14(7-4-10-24-17)18(27)25-13-6-3-5-12(11-13)19(21,22)23/h1-11H,(H,24,26)(H,25,27). The molecule has 0 aliphatic heterocycles. The van der Waals surface area contributed by atoms with Gasteiger partial charge in [0.15, 0.2) is 0 Å². The van der Waals surface area contributed by atoms with Crippen LogP contribution in [-0.4, -0.2) is 10.9 Å². The molecule has 2 aromatic carbocycles. The van der Waals surface area contributed by atoms with Crippen molar-refractivity contribution in [2.45, 2.75) is 6.18 Å². The maximum atomic E-state index is 13.8. The number of pyridine rings is 1. The summed E-state index contributed by atoms with van der Waals surface area (Å²) < 4.78 is 52.2. The van der Waals surface area contributed by atoms with Gasteiger partial charge < -0.3 is 10.6 Å². The Labute approximate surface area is 151 Å². The first kappa shape index (κ1) is 18.4. The summed E-state index contributed by atoms with van der Waals surface area (Å²) in [4.78, 5) is 16.5. The first-order chi connectivity index (χ1) is 12.8. The topological polar surface area (TPSA) is 54.0 Å². The van der Waals surface area contributed by atoms with Gasteiger partial charge in [0.1, 0.15) is 11.6 Å². The van der Waals surface area contributed by atoms with E-state index < -0.39 is 23.5 Å². The van der Waals surface area contributed by atoms with Crippen molar-refractivity contribution < 1.29 is 22.4 Å². The summed E-state index contributed by atoms with van der Waals surface area (Å²) in [5, 5.41) is 5.11. The van der Waals surface area contributed by atoms with Crippen molar-refractivity contribution in [2.75, 3.05) is 10.6 Å². The lowest BCUT2D eigenvalue weighted by Crippen LogP contribution is -2.15. The van der Waals surface area contributed by atoms with E-state index in [0.717, 1.165) is 12.1 Å². The quantitative estimate of drug-likeness (QED) is 0.614. The third-order valence-electron chi connectivity index (χ3n) is 3.63. The largest absolute Gasteiger partial charge is 0.416 e. The summed E-state index contributed by atoms with van der Waals surface area (Å²) in [6, 6.07) is 13.0. The van der Waals surface area contributed by atoms with Gasteiger partial charge in [-0.1, -0.05) is 18.2 Å². The molecule has 1 amide bonds. The molecule has 3 aromatic rings. The molecule has 0 spiro atoms. The fraction of sp³-hybridized carbons (Fsp3) is 0.0526. The number of halogens is 4. The summed E-state index contributed by atoms with van der Waals surface area (Å²) in [5.41, 5.74) is -0.728. The number of rotatable bonds is 4. The first-order valence-electron chi connectivity index (χ1n) is 7.80. The molecular weight excluding hydrogens is 362 g/mol. The average Bonchev–Trinajstić information content (AvgIpc) is 2.63. The van der Waals surface area contributed by atoms with Crippen LogP contribution in [0.5, 0.6) is 0 Å². The van der Waals surface area contributed by atoms with Crippen LogP contribution in [0.4, 0.5) is 34.8 Å². The van der Waals surface area contributed by atoms with E-state index in [1.54, 1.807) is 6.07 Å². The Morgan fingerprint density at radius 1 is 0.963 bits per heavy atom. The lowest BCUT2D eigenvalue weighted by Gasteiger charge is -2.13. The number of nitrogens with one attached hydrogen (secondary N) is 2. The number of anilines is 3. The van der Waals surface area contributed by atoms with E-state index in [-0.39, 0.29) is 22.8 Å². The van der Waals surface area contributed by atoms with E-state index in [1.165, 1.54) is 48.7 Å². The van der Waals surface area contributed by atoms with E-state index in [1.807, 2.05) is 0 Å². The second-order valence-corrected chi connectivity index (χ2v) is 5.54. The van der Waals surface area contributed by atoms with Crippen LogP contribution in [-0.2, 0) is 6.18 Å². The van der Waals surface area contributed by atoms with Gasteiger partial charge >= 0.3 is 6.18 Å². The van der Waals surface area contributed by atoms with Gasteiger partial charge in [-0.3, -0.25) is 4.79 Å². The van der Waals surface area contributed by atoms with Crippen LogP contribution in [0.15, 0.2) is 66.9 Å². The van der Waals surface area contributed by atoms with Crippen LogP contribution in [0.25, 0.3) is 0 Å². The highest BCUT2D eigenvalue weighted by Gasteiger charge is 2.30. The molecule has 0 bridgehead atoms. The highest BCUT2D eigenvalue weighted by Crippen LogP contribution is 2.31. The minimum Gasteiger partial charge on any atom is -0.337 e. The van der Waals surface area contributed by atoms with Gasteiger partial charge in [-0.2, -0.15) is 13.2 Å². The zero-order valence-corrected chi connectivity index (χ0v) is 13.7. The second-order valence-electron chi connectivity index (χ2n) is 5.54. The van der Waals surface area contributed by atoms with Gasteiger partial charge in [0, 0.05) is 11.9 Å². The minimum absolute atomic E-state index is 0.0180. The van der Waals surface area contributed by atoms with Gasteiger partial charge in [-0.05, 0) is 42.5 Å². The van der Waals surface area contributed by atoms with E-state index >= 15 is 0 Å². The summed E-state index contributed by atoms with van der Waals surface area (Å²) in [6.07, 6.45) is -3.11. The molecule has 0 saturated heterocycles. The Morgan fingerprint density at radius 3 is 2.48 bits per heavy atom. The molecule has 0 aliphatic carbocycles. The number of hydrogen-bond donors (Lipinski definition) is 2. The third-order valence-corrected chi connectivity index (χ3v) is 3.63.